The summed E-state index contributed by atoms with van der Waals surface area (Å²) in [4.78, 5) is 22.6. The number of allylic oxidation sites excluding steroid dienone is 2. The molecule has 0 spiro atoms. The third-order valence-corrected chi connectivity index (χ3v) is 8.56. The van der Waals surface area contributed by atoms with Gasteiger partial charge in [0.1, 0.15) is 11.7 Å². The summed E-state index contributed by atoms with van der Waals surface area (Å²) in [5.74, 6) is 0.0332. The van der Waals surface area contributed by atoms with Crippen LogP contribution in [0.1, 0.15) is 92.9 Å². The molecule has 0 aromatic rings. The van der Waals surface area contributed by atoms with Crippen LogP contribution >= 0.6 is 0 Å². The molecule has 160 valence electrons. The van der Waals surface area contributed by atoms with Gasteiger partial charge in [-0.25, -0.2) is 9.78 Å². The molecule has 0 bridgehead atoms. The Morgan fingerprint density at radius 2 is 1.89 bits per heavy atom. The minimum Gasteiger partial charge on any atom is -0.481 e. The van der Waals surface area contributed by atoms with Crippen LogP contribution < -0.4 is 0 Å². The normalized spacial score (nSPS) is 41.6. The summed E-state index contributed by atoms with van der Waals surface area (Å²) >= 11 is 0. The molecule has 1 saturated heterocycles. The van der Waals surface area contributed by atoms with Crippen molar-refractivity contribution in [3.8, 4) is 0 Å². The predicted molar refractivity (Wildman–Crippen MR) is 111 cm³/mol. The summed E-state index contributed by atoms with van der Waals surface area (Å²) in [5.41, 5.74) is 1.99. The van der Waals surface area contributed by atoms with Gasteiger partial charge in [0, 0.05) is 0 Å². The summed E-state index contributed by atoms with van der Waals surface area (Å²) in [6.07, 6.45) is 11.0. The van der Waals surface area contributed by atoms with Crippen molar-refractivity contribution >= 4 is 5.97 Å². The second-order valence-electron chi connectivity index (χ2n) is 11.0. The van der Waals surface area contributed by atoms with Crippen molar-refractivity contribution in [1.29, 1.82) is 0 Å². The van der Waals surface area contributed by atoms with E-state index in [9.17, 15) is 9.90 Å². The van der Waals surface area contributed by atoms with Crippen LogP contribution in [0.15, 0.2) is 11.6 Å². The van der Waals surface area contributed by atoms with Gasteiger partial charge in [-0.2, -0.15) is 0 Å². The zero-order valence-corrected chi connectivity index (χ0v) is 18.7. The van der Waals surface area contributed by atoms with Crippen molar-refractivity contribution in [3.63, 3.8) is 0 Å². The molecule has 1 heterocycles. The molecule has 3 aliphatic rings. The lowest BCUT2D eigenvalue weighted by molar-refractivity contribution is -0.411. The molecule has 0 radical (unpaired) electrons. The highest BCUT2D eigenvalue weighted by Gasteiger charge is 2.49. The van der Waals surface area contributed by atoms with E-state index < -0.39 is 11.9 Å². The highest BCUT2D eigenvalue weighted by Crippen LogP contribution is 2.58. The Morgan fingerprint density at radius 3 is 2.50 bits per heavy atom. The van der Waals surface area contributed by atoms with Crippen LogP contribution in [0.4, 0.5) is 0 Å². The van der Waals surface area contributed by atoms with Gasteiger partial charge in [-0.1, -0.05) is 39.3 Å². The van der Waals surface area contributed by atoms with Gasteiger partial charge in [0.25, 0.3) is 0 Å². The van der Waals surface area contributed by atoms with Crippen molar-refractivity contribution in [2.24, 2.45) is 28.6 Å². The number of hydrogen-bond acceptors (Lipinski definition) is 3. The topological polar surface area (TPSA) is 55.8 Å². The fraction of sp³-hybridized carbons (Fsp3) is 0.875. The lowest BCUT2D eigenvalue weighted by atomic mass is 9.52. The number of fused-ring (bicyclic) bond motifs is 1. The third kappa shape index (κ3) is 4.05. The van der Waals surface area contributed by atoms with E-state index in [2.05, 4.69) is 40.7 Å². The maximum atomic E-state index is 11.2. The van der Waals surface area contributed by atoms with Crippen molar-refractivity contribution in [2.75, 3.05) is 0 Å². The Morgan fingerprint density at radius 1 is 1.18 bits per heavy atom. The second kappa shape index (κ2) is 7.75. The molecule has 0 unspecified atom stereocenters. The molecule has 4 heteroatoms. The van der Waals surface area contributed by atoms with Gasteiger partial charge in [0.05, 0.1) is 5.92 Å². The zero-order valence-electron chi connectivity index (χ0n) is 18.7. The predicted octanol–water partition coefficient (Wildman–Crippen LogP) is 6.16. The van der Waals surface area contributed by atoms with Crippen molar-refractivity contribution < 1.29 is 19.7 Å². The number of aliphatic carboxylic acids is 1. The van der Waals surface area contributed by atoms with E-state index in [0.717, 1.165) is 25.7 Å². The Balaban J connectivity index is 1.67. The number of carboxylic acid groups (broad SMARTS) is 1. The maximum absolute atomic E-state index is 11.2. The lowest BCUT2D eigenvalue weighted by Crippen LogP contribution is -2.45. The maximum Gasteiger partial charge on any atom is 0.308 e. The molecule has 28 heavy (non-hydrogen) atoms. The second-order valence-corrected chi connectivity index (χ2v) is 11.0. The molecule has 3 rings (SSSR count). The SMILES string of the molecule is C[C@H](C(=O)O)[C@@H]1CC[C@](C)(CC[C@@]2(C)C3=CCCC(C)(C)[C@@H]3CC[C@H]2C)OO1. The quantitative estimate of drug-likeness (QED) is 0.450. The lowest BCUT2D eigenvalue weighted by Gasteiger charge is -2.53. The summed E-state index contributed by atoms with van der Waals surface area (Å²) < 4.78 is 0. The first kappa shape index (κ1) is 21.8. The zero-order chi connectivity index (χ0) is 20.7. The molecule has 0 aromatic carbocycles. The summed E-state index contributed by atoms with van der Waals surface area (Å²) in [6, 6.07) is 0. The average molecular weight is 393 g/mol. The van der Waals surface area contributed by atoms with Gasteiger partial charge in [0.15, 0.2) is 0 Å². The van der Waals surface area contributed by atoms with Crippen LogP contribution in [-0.2, 0) is 14.6 Å². The first-order valence-electron chi connectivity index (χ1n) is 11.3. The van der Waals surface area contributed by atoms with Gasteiger partial charge in [0.2, 0.25) is 0 Å². The molecule has 1 saturated carbocycles. The molecule has 2 fully saturated rings. The minimum absolute atomic E-state index is 0.220. The minimum atomic E-state index is -0.821. The summed E-state index contributed by atoms with van der Waals surface area (Å²) in [6.45, 7) is 13.6. The molecule has 4 nitrogen and oxygen atoms in total. The Labute approximate surface area is 171 Å². The molecule has 1 aliphatic heterocycles. The standard InChI is InChI=1S/C24H40O4/c1-16-9-10-18-19(8-7-12-22(18,3)4)24(16,6)15-14-23(5)13-11-20(27-28-23)17(2)21(25)26/h8,16-18,20H,7,9-15H2,1-6H3,(H,25,26)/t16-,17+,18-,20+,23-,24-/m1/s1. The summed E-state index contributed by atoms with van der Waals surface area (Å²) in [7, 11) is 0. The number of hydrogen-bond donors (Lipinski definition) is 1. The van der Waals surface area contributed by atoms with Crippen LogP contribution in [0.2, 0.25) is 0 Å². The van der Waals surface area contributed by atoms with E-state index in [0.29, 0.717) is 17.3 Å². The average Bonchev–Trinajstić information content (AvgIpc) is 2.63. The van der Waals surface area contributed by atoms with Crippen LogP contribution in [0.3, 0.4) is 0 Å². The van der Waals surface area contributed by atoms with E-state index in [1.54, 1.807) is 12.5 Å². The first-order valence-corrected chi connectivity index (χ1v) is 11.3. The van der Waals surface area contributed by atoms with Gasteiger partial charge in [-0.05, 0) is 87.9 Å². The molecule has 6 atom stereocenters. The molecule has 2 aliphatic carbocycles. The Kier molecular flexibility index (Phi) is 6.05. The van der Waals surface area contributed by atoms with Crippen LogP contribution in [0, 0.1) is 28.6 Å². The largest absolute Gasteiger partial charge is 0.481 e. The van der Waals surface area contributed by atoms with E-state index in [4.69, 9.17) is 9.78 Å². The van der Waals surface area contributed by atoms with E-state index in [-0.39, 0.29) is 17.1 Å². The number of rotatable bonds is 5. The highest BCUT2D eigenvalue weighted by molar-refractivity contribution is 5.70. The van der Waals surface area contributed by atoms with E-state index >= 15 is 0 Å². The van der Waals surface area contributed by atoms with E-state index in [1.165, 1.54) is 25.7 Å². The van der Waals surface area contributed by atoms with Crippen molar-refractivity contribution in [1.82, 2.24) is 0 Å². The van der Waals surface area contributed by atoms with Crippen LogP contribution in [0.25, 0.3) is 0 Å². The van der Waals surface area contributed by atoms with E-state index in [1.807, 2.05) is 0 Å². The molecule has 0 amide bonds. The van der Waals surface area contributed by atoms with Crippen LogP contribution in [0.5, 0.6) is 0 Å². The van der Waals surface area contributed by atoms with Gasteiger partial charge in [-0.3, -0.25) is 4.79 Å². The Bertz CT molecular complexity index is 614. The summed E-state index contributed by atoms with van der Waals surface area (Å²) in [5, 5.41) is 9.21. The molecule has 1 N–H and O–H groups in total. The highest BCUT2D eigenvalue weighted by atomic mass is 17.2. The van der Waals surface area contributed by atoms with Gasteiger partial charge < -0.3 is 5.11 Å². The Hall–Kier alpha value is -0.870. The molecular weight excluding hydrogens is 352 g/mol. The molecular formula is C24H40O4. The first-order chi connectivity index (χ1) is 13.0. The van der Waals surface area contributed by atoms with Crippen molar-refractivity contribution in [3.05, 3.63) is 11.6 Å². The van der Waals surface area contributed by atoms with Gasteiger partial charge >= 0.3 is 5.97 Å². The number of carboxylic acids is 1. The smallest absolute Gasteiger partial charge is 0.308 e. The fourth-order valence-corrected chi connectivity index (χ4v) is 5.82. The van der Waals surface area contributed by atoms with Crippen LogP contribution in [-0.4, -0.2) is 22.8 Å². The van der Waals surface area contributed by atoms with Crippen molar-refractivity contribution in [2.45, 2.75) is 105 Å². The fourth-order valence-electron chi connectivity index (χ4n) is 5.82. The monoisotopic (exact) mass is 392 g/mol. The third-order valence-electron chi connectivity index (χ3n) is 8.56. The molecule has 0 aromatic heterocycles. The number of carbonyl (C=O) groups is 1. The van der Waals surface area contributed by atoms with Gasteiger partial charge in [-0.15, -0.1) is 0 Å².